The van der Waals surface area contributed by atoms with Gasteiger partial charge in [-0.05, 0) is 37.8 Å². The lowest BCUT2D eigenvalue weighted by atomic mass is 10.0. The molecule has 0 atom stereocenters. The molecular formula is C20H20N4O3S2. The van der Waals surface area contributed by atoms with Crippen molar-refractivity contribution >= 4 is 32.7 Å². The molecule has 0 amide bonds. The third kappa shape index (κ3) is 4.38. The molecular weight excluding hydrogens is 408 g/mol. The largest absolute Gasteiger partial charge is 0.296 e. The summed E-state index contributed by atoms with van der Waals surface area (Å²) in [5.41, 5.74) is 0.893. The molecule has 1 aromatic heterocycles. The molecule has 1 aliphatic heterocycles. The molecule has 7 nitrogen and oxygen atoms in total. The van der Waals surface area contributed by atoms with Gasteiger partial charge >= 0.3 is 0 Å². The normalized spacial score (nSPS) is 17.3. The van der Waals surface area contributed by atoms with E-state index >= 15 is 0 Å². The van der Waals surface area contributed by atoms with Gasteiger partial charge in [0.1, 0.15) is 21.7 Å². The smallest absolute Gasteiger partial charge is 0.190 e. The van der Waals surface area contributed by atoms with Gasteiger partial charge in [0.15, 0.2) is 15.6 Å². The number of hydrogen-bond donors (Lipinski definition) is 0. The number of aromatic nitrogens is 1. The molecule has 0 spiro atoms. The van der Waals surface area contributed by atoms with Crippen molar-refractivity contribution in [3.05, 3.63) is 45.9 Å². The first-order chi connectivity index (χ1) is 14.0. The van der Waals surface area contributed by atoms with Crippen molar-refractivity contribution in [2.45, 2.75) is 42.2 Å². The lowest BCUT2D eigenvalue weighted by molar-refractivity contribution is -0.112. The van der Waals surface area contributed by atoms with Crippen LogP contribution in [0, 0.1) is 11.3 Å². The minimum atomic E-state index is -3.27. The van der Waals surface area contributed by atoms with Crippen LogP contribution >= 0.6 is 11.3 Å². The van der Waals surface area contributed by atoms with Gasteiger partial charge in [0.25, 0.3) is 0 Å². The minimum absolute atomic E-state index is 0.0567. The predicted octanol–water partition coefficient (Wildman–Crippen LogP) is 2.56. The molecule has 0 unspecified atom stereocenters. The van der Waals surface area contributed by atoms with Gasteiger partial charge in [-0.2, -0.15) is 10.4 Å². The molecule has 2 heterocycles. The molecule has 2 aliphatic rings. The Hall–Kier alpha value is -2.57. The first-order valence-electron chi connectivity index (χ1n) is 9.53. The molecule has 150 valence electrons. The Morgan fingerprint density at radius 2 is 1.93 bits per heavy atom. The maximum Gasteiger partial charge on any atom is 0.190 e. The van der Waals surface area contributed by atoms with Crippen LogP contribution in [0.4, 0.5) is 0 Å². The second kappa shape index (κ2) is 8.05. The molecule has 4 rings (SSSR count). The topological polar surface area (TPSA) is 103 Å². The summed E-state index contributed by atoms with van der Waals surface area (Å²) in [5.74, 6) is -0.200. The molecule has 0 N–H and O–H groups in total. The number of carbonyl (C=O) groups is 1. The van der Waals surface area contributed by atoms with Crippen LogP contribution in [0.5, 0.6) is 0 Å². The van der Waals surface area contributed by atoms with Crippen LogP contribution in [0.3, 0.4) is 0 Å². The van der Waals surface area contributed by atoms with E-state index in [1.54, 1.807) is 24.3 Å². The van der Waals surface area contributed by atoms with Crippen molar-refractivity contribution in [3.8, 4) is 6.07 Å². The van der Waals surface area contributed by atoms with Crippen LogP contribution in [0.1, 0.15) is 41.1 Å². The van der Waals surface area contributed by atoms with Crippen LogP contribution in [-0.2, 0) is 21.1 Å². The van der Waals surface area contributed by atoms with E-state index in [4.69, 9.17) is 5.26 Å². The second-order valence-corrected chi connectivity index (χ2v) is 10.6. The lowest BCUT2D eigenvalue weighted by Crippen LogP contribution is -2.23. The first kappa shape index (κ1) is 19.7. The van der Waals surface area contributed by atoms with Gasteiger partial charge in [0.05, 0.1) is 22.8 Å². The SMILES string of the molecule is N#Cc1cnc(CC(=O)/C(=N/N2CCCC2)c2ccc(S(=O)(=O)C3CC3)cc2)s1. The summed E-state index contributed by atoms with van der Waals surface area (Å²) < 4.78 is 24.8. The highest BCUT2D eigenvalue weighted by molar-refractivity contribution is 7.92. The number of hydrogen-bond acceptors (Lipinski definition) is 8. The molecule has 29 heavy (non-hydrogen) atoms. The number of Topliss-reactive ketones (excluding diaryl/α,β-unsaturated/α-hetero) is 1. The van der Waals surface area contributed by atoms with Crippen LogP contribution < -0.4 is 0 Å². The van der Waals surface area contributed by atoms with Crippen molar-refractivity contribution in [1.29, 1.82) is 5.26 Å². The van der Waals surface area contributed by atoms with Gasteiger partial charge in [0.2, 0.25) is 0 Å². The molecule has 1 saturated carbocycles. The highest BCUT2D eigenvalue weighted by Gasteiger charge is 2.36. The Balaban J connectivity index is 1.61. The molecule has 1 saturated heterocycles. The summed E-state index contributed by atoms with van der Waals surface area (Å²) in [4.78, 5) is 17.9. The van der Waals surface area contributed by atoms with Crippen molar-refractivity contribution in [2.75, 3.05) is 13.1 Å². The molecule has 9 heteroatoms. The van der Waals surface area contributed by atoms with Crippen molar-refractivity contribution < 1.29 is 13.2 Å². The van der Waals surface area contributed by atoms with Gasteiger partial charge in [-0.25, -0.2) is 13.4 Å². The Bertz CT molecular complexity index is 1090. The maximum atomic E-state index is 13.0. The number of sulfone groups is 1. The number of nitriles is 1. The first-order valence-corrected chi connectivity index (χ1v) is 11.9. The maximum absolute atomic E-state index is 13.0. The van der Waals surface area contributed by atoms with E-state index in [9.17, 15) is 13.2 Å². The number of ketones is 1. The number of nitrogens with zero attached hydrogens (tertiary/aromatic N) is 4. The highest BCUT2D eigenvalue weighted by atomic mass is 32.2. The van der Waals surface area contributed by atoms with Crippen LogP contribution in [0.15, 0.2) is 40.5 Å². The summed E-state index contributed by atoms with van der Waals surface area (Å²) in [6.07, 6.45) is 5.00. The second-order valence-electron chi connectivity index (χ2n) is 7.21. The molecule has 1 aromatic carbocycles. The van der Waals surface area contributed by atoms with E-state index < -0.39 is 9.84 Å². The van der Waals surface area contributed by atoms with E-state index in [1.165, 1.54) is 17.5 Å². The molecule has 2 fully saturated rings. The monoisotopic (exact) mass is 428 g/mol. The predicted molar refractivity (Wildman–Crippen MR) is 110 cm³/mol. The quantitative estimate of drug-likeness (QED) is 0.628. The Labute approximate surface area is 173 Å². The Morgan fingerprint density at radius 1 is 1.24 bits per heavy atom. The fraction of sp³-hybridized carbons (Fsp3) is 0.400. The molecule has 0 radical (unpaired) electrons. The molecule has 1 aliphatic carbocycles. The zero-order valence-corrected chi connectivity index (χ0v) is 17.4. The van der Waals surface area contributed by atoms with Crippen molar-refractivity contribution in [1.82, 2.24) is 9.99 Å². The van der Waals surface area contributed by atoms with Crippen LogP contribution in [-0.4, -0.2) is 48.2 Å². The van der Waals surface area contributed by atoms with Gasteiger partial charge in [0, 0.05) is 18.7 Å². The summed E-state index contributed by atoms with van der Waals surface area (Å²) in [6, 6.07) is 8.46. The van der Waals surface area contributed by atoms with Crippen molar-refractivity contribution in [3.63, 3.8) is 0 Å². The summed E-state index contributed by atoms with van der Waals surface area (Å²) in [5, 5.41) is 15.7. The zero-order valence-electron chi connectivity index (χ0n) is 15.7. The Kier molecular flexibility index (Phi) is 5.48. The summed E-state index contributed by atoms with van der Waals surface area (Å²) in [6.45, 7) is 1.58. The van der Waals surface area contributed by atoms with Gasteiger partial charge in [-0.1, -0.05) is 12.1 Å². The number of carbonyl (C=O) groups excluding carboxylic acids is 1. The average Bonchev–Trinajstić information content (AvgIpc) is 3.29. The van der Waals surface area contributed by atoms with Gasteiger partial charge in [-0.3, -0.25) is 9.80 Å². The fourth-order valence-electron chi connectivity index (χ4n) is 3.25. The third-order valence-corrected chi connectivity index (χ3v) is 8.16. The lowest BCUT2D eigenvalue weighted by Gasteiger charge is -2.14. The van der Waals surface area contributed by atoms with E-state index in [2.05, 4.69) is 10.1 Å². The van der Waals surface area contributed by atoms with E-state index in [0.717, 1.165) is 25.9 Å². The third-order valence-electron chi connectivity index (χ3n) is 4.98. The standard InChI is InChI=1S/C20H20N4O3S2/c21-12-15-13-22-19(28-15)11-18(25)20(23-24-9-1-2-10-24)14-3-5-16(6-4-14)29(26,27)17-7-8-17/h3-6,13,17H,1-2,7-11H2/b23-20+. The van der Waals surface area contributed by atoms with E-state index in [0.29, 0.717) is 34.0 Å². The van der Waals surface area contributed by atoms with E-state index in [-0.39, 0.29) is 22.3 Å². The zero-order chi connectivity index (χ0) is 20.4. The molecule has 2 aromatic rings. The highest BCUT2D eigenvalue weighted by Crippen LogP contribution is 2.33. The van der Waals surface area contributed by atoms with Crippen molar-refractivity contribution in [2.24, 2.45) is 5.10 Å². The van der Waals surface area contributed by atoms with Crippen LogP contribution in [0.25, 0.3) is 0 Å². The van der Waals surface area contributed by atoms with E-state index in [1.807, 2.05) is 11.1 Å². The fourth-order valence-corrected chi connectivity index (χ4v) is 5.62. The number of thiazole rings is 1. The summed E-state index contributed by atoms with van der Waals surface area (Å²) in [7, 11) is -3.27. The number of hydrazone groups is 1. The number of benzene rings is 1. The minimum Gasteiger partial charge on any atom is -0.296 e. The molecule has 0 bridgehead atoms. The van der Waals surface area contributed by atoms with Crippen LogP contribution in [0.2, 0.25) is 0 Å². The Morgan fingerprint density at radius 3 is 2.52 bits per heavy atom. The van der Waals surface area contributed by atoms with Gasteiger partial charge in [-0.15, -0.1) is 11.3 Å². The summed E-state index contributed by atoms with van der Waals surface area (Å²) >= 11 is 1.19. The number of rotatable bonds is 7. The average molecular weight is 429 g/mol. The van der Waals surface area contributed by atoms with Gasteiger partial charge < -0.3 is 0 Å².